The van der Waals surface area contributed by atoms with Crippen LogP contribution in [0.2, 0.25) is 5.02 Å². The van der Waals surface area contributed by atoms with Crippen molar-refractivity contribution in [1.29, 1.82) is 0 Å². The van der Waals surface area contributed by atoms with E-state index in [9.17, 15) is 13.5 Å². The van der Waals surface area contributed by atoms with E-state index in [1.54, 1.807) is 0 Å². The lowest BCUT2D eigenvalue weighted by molar-refractivity contribution is 0.272. The maximum Gasteiger partial charge on any atom is 0.244 e. The summed E-state index contributed by atoms with van der Waals surface area (Å²) in [6, 6.07) is 2.81. The predicted octanol–water partition coefficient (Wildman–Crippen LogP) is 2.70. The van der Waals surface area contributed by atoms with Crippen LogP contribution in [0, 0.1) is 0 Å². The number of aliphatic hydroxyl groups excluding tert-OH is 1. The van der Waals surface area contributed by atoms with Crippen molar-refractivity contribution in [1.82, 2.24) is 4.72 Å². The van der Waals surface area contributed by atoms with Crippen LogP contribution in [0.25, 0.3) is 0 Å². The van der Waals surface area contributed by atoms with Gasteiger partial charge >= 0.3 is 0 Å². The minimum absolute atomic E-state index is 0.0641. The summed E-state index contributed by atoms with van der Waals surface area (Å²) in [7, 11) is -2.45. The van der Waals surface area contributed by atoms with Gasteiger partial charge in [-0.3, -0.25) is 0 Å². The number of rotatable bonds is 7. The van der Waals surface area contributed by atoms with Crippen LogP contribution in [0.15, 0.2) is 17.0 Å². The molecule has 0 bridgehead atoms. The fourth-order valence-electron chi connectivity index (χ4n) is 2.27. The van der Waals surface area contributed by atoms with Gasteiger partial charge in [-0.15, -0.1) is 0 Å². The maximum atomic E-state index is 12.6. The SMILES string of the molecule is CCCC(C)(C)NS(=O)(=O)c1cc(Cl)cc(CO)c1OC. The highest BCUT2D eigenvalue weighted by molar-refractivity contribution is 7.89. The average molecular weight is 336 g/mol. The van der Waals surface area contributed by atoms with E-state index >= 15 is 0 Å². The molecule has 0 aliphatic heterocycles. The smallest absolute Gasteiger partial charge is 0.244 e. The minimum atomic E-state index is -3.81. The van der Waals surface area contributed by atoms with Gasteiger partial charge in [0.2, 0.25) is 10.0 Å². The van der Waals surface area contributed by atoms with E-state index in [2.05, 4.69) is 4.72 Å². The van der Waals surface area contributed by atoms with Crippen molar-refractivity contribution >= 4 is 21.6 Å². The minimum Gasteiger partial charge on any atom is -0.495 e. The largest absolute Gasteiger partial charge is 0.495 e. The lowest BCUT2D eigenvalue weighted by Gasteiger charge is -2.26. The molecule has 0 unspecified atom stereocenters. The van der Waals surface area contributed by atoms with E-state index in [1.165, 1.54) is 19.2 Å². The molecule has 1 rings (SSSR count). The van der Waals surface area contributed by atoms with Crippen LogP contribution in [0.4, 0.5) is 0 Å². The van der Waals surface area contributed by atoms with Crippen molar-refractivity contribution < 1.29 is 18.3 Å². The van der Waals surface area contributed by atoms with Gasteiger partial charge in [-0.05, 0) is 32.4 Å². The van der Waals surface area contributed by atoms with Crippen molar-refractivity contribution in [3.05, 3.63) is 22.7 Å². The molecule has 0 radical (unpaired) electrons. The molecule has 2 N–H and O–H groups in total. The summed E-state index contributed by atoms with van der Waals surface area (Å²) < 4.78 is 33.0. The third-order valence-electron chi connectivity index (χ3n) is 3.05. The van der Waals surface area contributed by atoms with Gasteiger partial charge in [-0.25, -0.2) is 13.1 Å². The number of halogens is 1. The van der Waals surface area contributed by atoms with E-state index in [0.717, 1.165) is 6.42 Å². The first-order valence-corrected chi connectivity index (χ1v) is 8.54. The normalized spacial score (nSPS) is 12.5. The molecule has 21 heavy (non-hydrogen) atoms. The summed E-state index contributed by atoms with van der Waals surface area (Å²) in [6.45, 7) is 5.26. The molecule has 0 spiro atoms. The number of hydrogen-bond donors (Lipinski definition) is 2. The van der Waals surface area contributed by atoms with E-state index < -0.39 is 15.6 Å². The van der Waals surface area contributed by atoms with Crippen LogP contribution in [-0.2, 0) is 16.6 Å². The molecule has 5 nitrogen and oxygen atoms in total. The Hall–Kier alpha value is -0.820. The number of sulfonamides is 1. The van der Waals surface area contributed by atoms with Gasteiger partial charge in [-0.2, -0.15) is 0 Å². The third kappa shape index (κ3) is 4.57. The summed E-state index contributed by atoms with van der Waals surface area (Å²) in [5.41, 5.74) is -0.251. The number of nitrogens with one attached hydrogen (secondary N) is 1. The van der Waals surface area contributed by atoms with E-state index in [1.807, 2.05) is 20.8 Å². The Labute approximate surface area is 131 Å². The van der Waals surface area contributed by atoms with Gasteiger partial charge in [0, 0.05) is 16.1 Å². The maximum absolute atomic E-state index is 12.6. The second-order valence-electron chi connectivity index (χ2n) is 5.49. The first kappa shape index (κ1) is 18.2. The Morgan fingerprint density at radius 2 is 2.00 bits per heavy atom. The molecule has 0 atom stereocenters. The lowest BCUT2D eigenvalue weighted by Crippen LogP contribution is -2.43. The Morgan fingerprint density at radius 3 is 2.48 bits per heavy atom. The zero-order valence-electron chi connectivity index (χ0n) is 12.7. The monoisotopic (exact) mass is 335 g/mol. The van der Waals surface area contributed by atoms with Gasteiger partial charge in [0.15, 0.2) is 0 Å². The fraction of sp³-hybridized carbons (Fsp3) is 0.571. The number of hydrogen-bond acceptors (Lipinski definition) is 4. The molecule has 0 aliphatic rings. The molecule has 0 saturated heterocycles. The molecule has 0 aliphatic carbocycles. The number of benzene rings is 1. The Balaban J connectivity index is 3.34. The van der Waals surface area contributed by atoms with Gasteiger partial charge in [0.1, 0.15) is 10.6 Å². The van der Waals surface area contributed by atoms with Gasteiger partial charge < -0.3 is 9.84 Å². The molecule has 0 amide bonds. The molecular weight excluding hydrogens is 314 g/mol. The van der Waals surface area contributed by atoms with Crippen molar-refractivity contribution in [2.45, 2.75) is 50.7 Å². The summed E-state index contributed by atoms with van der Waals surface area (Å²) in [5.74, 6) is 0.113. The van der Waals surface area contributed by atoms with Crippen LogP contribution in [0.3, 0.4) is 0 Å². The van der Waals surface area contributed by atoms with Crippen molar-refractivity contribution in [2.24, 2.45) is 0 Å². The molecule has 1 aromatic carbocycles. The van der Waals surface area contributed by atoms with Crippen LogP contribution < -0.4 is 9.46 Å². The number of methoxy groups -OCH3 is 1. The topological polar surface area (TPSA) is 75.6 Å². The fourth-order valence-corrected chi connectivity index (χ4v) is 4.25. The summed E-state index contributed by atoms with van der Waals surface area (Å²) in [6.07, 6.45) is 1.55. The molecule has 0 heterocycles. The molecule has 120 valence electrons. The number of ether oxygens (including phenoxy) is 1. The van der Waals surface area contributed by atoms with Crippen LogP contribution in [0.5, 0.6) is 5.75 Å². The van der Waals surface area contributed by atoms with Crippen LogP contribution in [0.1, 0.15) is 39.2 Å². The zero-order chi connectivity index (χ0) is 16.3. The van der Waals surface area contributed by atoms with E-state index in [0.29, 0.717) is 12.0 Å². The summed E-state index contributed by atoms with van der Waals surface area (Å²) in [5, 5.41) is 9.56. The second-order valence-corrected chi connectivity index (χ2v) is 7.58. The molecular formula is C14H22ClNO4S. The van der Waals surface area contributed by atoms with Crippen molar-refractivity contribution in [2.75, 3.05) is 7.11 Å². The molecule has 7 heteroatoms. The highest BCUT2D eigenvalue weighted by Gasteiger charge is 2.29. The predicted molar refractivity (Wildman–Crippen MR) is 83.2 cm³/mol. The molecule has 0 saturated carbocycles. The van der Waals surface area contributed by atoms with E-state index in [-0.39, 0.29) is 22.3 Å². The lowest BCUT2D eigenvalue weighted by atomic mass is 10.0. The Bertz CT molecular complexity index is 599. The molecule has 1 aromatic rings. The standard InChI is InChI=1S/C14H22ClNO4S/c1-5-6-14(2,3)16-21(18,19)12-8-11(15)7-10(9-17)13(12)20-4/h7-8,16-17H,5-6,9H2,1-4H3. The van der Waals surface area contributed by atoms with Gasteiger partial charge in [-0.1, -0.05) is 24.9 Å². The van der Waals surface area contributed by atoms with Crippen LogP contribution in [-0.4, -0.2) is 26.2 Å². The highest BCUT2D eigenvalue weighted by Crippen LogP contribution is 2.32. The van der Waals surface area contributed by atoms with Crippen molar-refractivity contribution in [3.63, 3.8) is 0 Å². The summed E-state index contributed by atoms with van der Waals surface area (Å²) >= 11 is 5.94. The van der Waals surface area contributed by atoms with Gasteiger partial charge in [0.05, 0.1) is 13.7 Å². The molecule has 0 aromatic heterocycles. The first-order chi connectivity index (χ1) is 9.66. The van der Waals surface area contributed by atoms with Gasteiger partial charge in [0.25, 0.3) is 0 Å². The average Bonchev–Trinajstić information content (AvgIpc) is 2.36. The van der Waals surface area contributed by atoms with Crippen molar-refractivity contribution in [3.8, 4) is 5.75 Å². The van der Waals surface area contributed by atoms with E-state index in [4.69, 9.17) is 16.3 Å². The first-order valence-electron chi connectivity index (χ1n) is 6.68. The third-order valence-corrected chi connectivity index (χ3v) is 4.97. The number of aliphatic hydroxyl groups is 1. The Kier molecular flexibility index (Phi) is 6.04. The highest BCUT2D eigenvalue weighted by atomic mass is 35.5. The zero-order valence-corrected chi connectivity index (χ0v) is 14.3. The summed E-state index contributed by atoms with van der Waals surface area (Å²) in [4.78, 5) is -0.0641. The van der Waals surface area contributed by atoms with Crippen LogP contribution >= 0.6 is 11.6 Å². The quantitative estimate of drug-likeness (QED) is 0.803. The Morgan fingerprint density at radius 1 is 1.38 bits per heavy atom. The second kappa shape index (κ2) is 6.96. The molecule has 0 fully saturated rings.